The summed E-state index contributed by atoms with van der Waals surface area (Å²) in [5.41, 5.74) is 2.60. The number of aromatic amines is 1. The summed E-state index contributed by atoms with van der Waals surface area (Å²) in [7, 11) is 0. The second kappa shape index (κ2) is 7.90. The molecule has 2 aromatic carbocycles. The Bertz CT molecular complexity index is 876. The van der Waals surface area contributed by atoms with Gasteiger partial charge in [0.2, 0.25) is 5.91 Å². The number of rotatable bonds is 7. The lowest BCUT2D eigenvalue weighted by Crippen LogP contribution is -2.23. The third-order valence-corrected chi connectivity index (χ3v) is 3.98. The summed E-state index contributed by atoms with van der Waals surface area (Å²) < 4.78 is 25.9. The molecule has 1 amide bonds. The average Bonchev–Trinajstić information content (AvgIpc) is 3.01. The number of anilines is 1. The predicted molar refractivity (Wildman–Crippen MR) is 94.5 cm³/mol. The fourth-order valence-electron chi connectivity index (χ4n) is 2.69. The van der Waals surface area contributed by atoms with Crippen molar-refractivity contribution in [3.8, 4) is 0 Å². The molecular formula is C19H19F2N3O. The molecule has 6 heteroatoms. The maximum absolute atomic E-state index is 13.1. The molecule has 1 aromatic heterocycles. The summed E-state index contributed by atoms with van der Waals surface area (Å²) in [6.07, 6.45) is 3.11. The summed E-state index contributed by atoms with van der Waals surface area (Å²) in [5.74, 6) is -2.16. The van der Waals surface area contributed by atoms with Gasteiger partial charge in [-0.2, -0.15) is 0 Å². The van der Waals surface area contributed by atoms with Crippen molar-refractivity contribution < 1.29 is 13.6 Å². The van der Waals surface area contributed by atoms with Crippen LogP contribution in [0, 0.1) is 11.6 Å². The van der Waals surface area contributed by atoms with E-state index in [1.165, 1.54) is 17.0 Å². The van der Waals surface area contributed by atoms with Gasteiger partial charge in [0, 0.05) is 41.8 Å². The van der Waals surface area contributed by atoms with E-state index in [4.69, 9.17) is 0 Å². The van der Waals surface area contributed by atoms with E-state index in [1.807, 2.05) is 24.4 Å². The molecule has 0 fully saturated rings. The Kier molecular flexibility index (Phi) is 5.40. The molecule has 0 saturated carbocycles. The summed E-state index contributed by atoms with van der Waals surface area (Å²) in [4.78, 5) is 15.0. The first-order valence-corrected chi connectivity index (χ1v) is 8.14. The van der Waals surface area contributed by atoms with Crippen LogP contribution in [0.15, 0.2) is 48.7 Å². The van der Waals surface area contributed by atoms with E-state index in [9.17, 15) is 13.6 Å². The van der Waals surface area contributed by atoms with Crippen molar-refractivity contribution in [2.24, 2.45) is 0 Å². The Hall–Kier alpha value is -2.73. The fourth-order valence-corrected chi connectivity index (χ4v) is 2.69. The molecule has 1 heterocycles. The van der Waals surface area contributed by atoms with E-state index >= 15 is 0 Å². The van der Waals surface area contributed by atoms with Crippen molar-refractivity contribution in [1.82, 2.24) is 10.3 Å². The van der Waals surface area contributed by atoms with Crippen LogP contribution in [0.2, 0.25) is 0 Å². The largest absolute Gasteiger partial charge is 0.361 e. The SMILES string of the molecule is O=C(CCNCCc1c[nH]c2ccccc12)Nc1ccc(F)c(F)c1. The highest BCUT2D eigenvalue weighted by Crippen LogP contribution is 2.17. The quantitative estimate of drug-likeness (QED) is 0.574. The van der Waals surface area contributed by atoms with Gasteiger partial charge >= 0.3 is 0 Å². The molecule has 0 aliphatic rings. The normalized spacial score (nSPS) is 11.0. The van der Waals surface area contributed by atoms with Crippen LogP contribution in [0.1, 0.15) is 12.0 Å². The molecule has 3 rings (SSSR count). The third-order valence-electron chi connectivity index (χ3n) is 3.98. The standard InChI is InChI=1S/C19H19F2N3O/c20-16-6-5-14(11-17(16)21)24-19(25)8-10-22-9-7-13-12-23-18-4-2-1-3-15(13)18/h1-6,11-12,22-23H,7-10H2,(H,24,25). The molecule has 0 aliphatic heterocycles. The molecule has 0 spiro atoms. The van der Waals surface area contributed by atoms with E-state index in [0.29, 0.717) is 6.54 Å². The van der Waals surface area contributed by atoms with Crippen molar-refractivity contribution >= 4 is 22.5 Å². The van der Waals surface area contributed by atoms with Crippen LogP contribution >= 0.6 is 0 Å². The highest BCUT2D eigenvalue weighted by Gasteiger charge is 2.06. The van der Waals surface area contributed by atoms with Crippen LogP contribution in [0.5, 0.6) is 0 Å². The molecule has 0 atom stereocenters. The fraction of sp³-hybridized carbons (Fsp3) is 0.211. The number of H-pyrrole nitrogens is 1. The van der Waals surface area contributed by atoms with Gasteiger partial charge in [0.1, 0.15) is 0 Å². The number of aromatic nitrogens is 1. The van der Waals surface area contributed by atoms with Crippen LogP contribution in [0.4, 0.5) is 14.5 Å². The smallest absolute Gasteiger partial charge is 0.225 e. The number of carbonyl (C=O) groups is 1. The molecule has 3 N–H and O–H groups in total. The van der Waals surface area contributed by atoms with E-state index < -0.39 is 11.6 Å². The lowest BCUT2D eigenvalue weighted by atomic mass is 10.1. The maximum atomic E-state index is 13.1. The zero-order valence-corrected chi connectivity index (χ0v) is 13.6. The molecule has 0 aliphatic carbocycles. The predicted octanol–water partition coefficient (Wildman–Crippen LogP) is 3.61. The minimum Gasteiger partial charge on any atom is -0.361 e. The minimum atomic E-state index is -0.977. The zero-order valence-electron chi connectivity index (χ0n) is 13.6. The Morgan fingerprint density at radius 3 is 2.72 bits per heavy atom. The molecule has 0 unspecified atom stereocenters. The van der Waals surface area contributed by atoms with Gasteiger partial charge < -0.3 is 15.6 Å². The lowest BCUT2D eigenvalue weighted by Gasteiger charge is -2.07. The molecule has 0 saturated heterocycles. The van der Waals surface area contributed by atoms with E-state index in [-0.39, 0.29) is 18.0 Å². The number of amides is 1. The van der Waals surface area contributed by atoms with Crippen LogP contribution in [0.3, 0.4) is 0 Å². The molecule has 0 radical (unpaired) electrons. The third kappa shape index (κ3) is 4.42. The Morgan fingerprint density at radius 1 is 1.04 bits per heavy atom. The number of para-hydroxylation sites is 1. The highest BCUT2D eigenvalue weighted by molar-refractivity contribution is 5.90. The number of benzene rings is 2. The first-order valence-electron chi connectivity index (χ1n) is 8.14. The van der Waals surface area contributed by atoms with Gasteiger partial charge in [-0.05, 0) is 36.7 Å². The zero-order chi connectivity index (χ0) is 17.6. The van der Waals surface area contributed by atoms with Crippen LogP contribution in [-0.4, -0.2) is 24.0 Å². The monoisotopic (exact) mass is 343 g/mol. The first-order chi connectivity index (χ1) is 12.1. The lowest BCUT2D eigenvalue weighted by molar-refractivity contribution is -0.116. The topological polar surface area (TPSA) is 56.9 Å². The molecule has 130 valence electrons. The van der Waals surface area contributed by atoms with Gasteiger partial charge in [-0.1, -0.05) is 18.2 Å². The van der Waals surface area contributed by atoms with Gasteiger partial charge in [0.05, 0.1) is 0 Å². The number of fused-ring (bicyclic) bond motifs is 1. The maximum Gasteiger partial charge on any atom is 0.225 e. The number of hydrogen-bond donors (Lipinski definition) is 3. The molecule has 25 heavy (non-hydrogen) atoms. The van der Waals surface area contributed by atoms with Crippen LogP contribution in [-0.2, 0) is 11.2 Å². The second-order valence-corrected chi connectivity index (χ2v) is 5.79. The average molecular weight is 343 g/mol. The van der Waals surface area contributed by atoms with E-state index in [0.717, 1.165) is 30.6 Å². The molecule has 3 aromatic rings. The summed E-state index contributed by atoms with van der Waals surface area (Å²) in [5, 5.41) is 6.97. The van der Waals surface area contributed by atoms with Gasteiger partial charge in [0.15, 0.2) is 11.6 Å². The van der Waals surface area contributed by atoms with Crippen molar-refractivity contribution in [2.75, 3.05) is 18.4 Å². The van der Waals surface area contributed by atoms with Gasteiger partial charge in [-0.25, -0.2) is 8.78 Å². The van der Waals surface area contributed by atoms with Crippen molar-refractivity contribution in [1.29, 1.82) is 0 Å². The number of halogens is 2. The summed E-state index contributed by atoms with van der Waals surface area (Å²) in [6, 6.07) is 11.4. The van der Waals surface area contributed by atoms with E-state index in [2.05, 4.69) is 21.7 Å². The van der Waals surface area contributed by atoms with Crippen molar-refractivity contribution in [2.45, 2.75) is 12.8 Å². The van der Waals surface area contributed by atoms with E-state index in [1.54, 1.807) is 0 Å². The van der Waals surface area contributed by atoms with Gasteiger partial charge in [-0.15, -0.1) is 0 Å². The number of carbonyl (C=O) groups excluding carboxylic acids is 1. The first kappa shape index (κ1) is 17.1. The number of hydrogen-bond acceptors (Lipinski definition) is 2. The molecule has 4 nitrogen and oxygen atoms in total. The van der Waals surface area contributed by atoms with Gasteiger partial charge in [-0.3, -0.25) is 4.79 Å². The molecule has 0 bridgehead atoms. The highest BCUT2D eigenvalue weighted by atomic mass is 19.2. The van der Waals surface area contributed by atoms with Crippen molar-refractivity contribution in [3.05, 3.63) is 65.9 Å². The Balaban J connectivity index is 1.39. The van der Waals surface area contributed by atoms with Crippen LogP contribution in [0.25, 0.3) is 10.9 Å². The second-order valence-electron chi connectivity index (χ2n) is 5.79. The van der Waals surface area contributed by atoms with Crippen LogP contribution < -0.4 is 10.6 Å². The van der Waals surface area contributed by atoms with Gasteiger partial charge in [0.25, 0.3) is 0 Å². The summed E-state index contributed by atoms with van der Waals surface area (Å²) in [6.45, 7) is 1.26. The summed E-state index contributed by atoms with van der Waals surface area (Å²) >= 11 is 0. The van der Waals surface area contributed by atoms with Crippen molar-refractivity contribution in [3.63, 3.8) is 0 Å². The Labute approximate surface area is 144 Å². The number of nitrogens with one attached hydrogen (secondary N) is 3. The Morgan fingerprint density at radius 2 is 1.88 bits per heavy atom. The minimum absolute atomic E-state index is 0.245. The molecular weight excluding hydrogens is 324 g/mol.